The molecule has 2 atom stereocenters. The third kappa shape index (κ3) is 5.08. The molecule has 0 bridgehead atoms. The van der Waals surface area contributed by atoms with E-state index in [0.29, 0.717) is 6.42 Å². The molecule has 16 heavy (non-hydrogen) atoms. The molecule has 0 aliphatic carbocycles. The molecule has 2 N–H and O–H groups in total. The molecule has 0 saturated carbocycles. The first kappa shape index (κ1) is 15.6. The van der Waals surface area contributed by atoms with Crippen molar-refractivity contribution in [2.75, 3.05) is 6.61 Å². The first-order chi connectivity index (χ1) is 6.99. The summed E-state index contributed by atoms with van der Waals surface area (Å²) >= 11 is 0. The van der Waals surface area contributed by atoms with Gasteiger partial charge in [-0.25, -0.2) is 0 Å². The van der Waals surface area contributed by atoms with E-state index < -0.39 is 11.5 Å². The number of carbonyl (C=O) groups excluding carboxylic acids is 1. The number of aliphatic hydroxyl groups is 2. The first-order valence-corrected chi connectivity index (χ1v) is 5.82. The van der Waals surface area contributed by atoms with E-state index in [9.17, 15) is 15.0 Å². The molecule has 3 nitrogen and oxygen atoms in total. The van der Waals surface area contributed by atoms with Gasteiger partial charge in [0.15, 0.2) is 5.78 Å². The van der Waals surface area contributed by atoms with Gasteiger partial charge in [-0.15, -0.1) is 0 Å². The third-order valence-corrected chi connectivity index (χ3v) is 2.56. The van der Waals surface area contributed by atoms with Gasteiger partial charge >= 0.3 is 0 Å². The van der Waals surface area contributed by atoms with Crippen molar-refractivity contribution < 1.29 is 15.0 Å². The van der Waals surface area contributed by atoms with Crippen LogP contribution in [0.5, 0.6) is 0 Å². The molecular weight excluding hydrogens is 204 g/mol. The number of hydrogen-bond acceptors (Lipinski definition) is 3. The zero-order valence-corrected chi connectivity index (χ0v) is 11.4. The van der Waals surface area contributed by atoms with Crippen LogP contribution in [0.1, 0.15) is 48.0 Å². The molecule has 3 heteroatoms. The fourth-order valence-electron chi connectivity index (χ4n) is 1.72. The molecule has 0 aromatic carbocycles. The number of Topliss-reactive ketones (excluding diaryl/α,β-unsaturated/α-hetero) is 1. The maximum absolute atomic E-state index is 11.9. The van der Waals surface area contributed by atoms with Crippen molar-refractivity contribution in [3.05, 3.63) is 0 Å². The molecular formula is C13H26O3. The van der Waals surface area contributed by atoms with E-state index >= 15 is 0 Å². The van der Waals surface area contributed by atoms with Gasteiger partial charge in [0, 0.05) is 17.9 Å². The Kier molecular flexibility index (Phi) is 5.15. The number of hydrogen-bond donors (Lipinski definition) is 2. The van der Waals surface area contributed by atoms with Crippen LogP contribution >= 0.6 is 0 Å². The van der Waals surface area contributed by atoms with E-state index in [1.807, 2.05) is 20.8 Å². The predicted octanol–water partition coefficient (Wildman–Crippen LogP) is 2.01. The Hall–Kier alpha value is -0.410. The number of aliphatic hydroxyl groups excluding tert-OH is 2. The maximum Gasteiger partial charge on any atom is 0.166 e. The van der Waals surface area contributed by atoms with Crippen LogP contribution in [0.3, 0.4) is 0 Å². The second-order valence-corrected chi connectivity index (χ2v) is 6.77. The van der Waals surface area contributed by atoms with Crippen LogP contribution in [0, 0.1) is 16.7 Å². The Bertz CT molecular complexity index is 233. The lowest BCUT2D eigenvalue weighted by Crippen LogP contribution is -2.40. The minimum atomic E-state index is -1.07. The number of rotatable bonds is 4. The lowest BCUT2D eigenvalue weighted by Gasteiger charge is -2.30. The van der Waals surface area contributed by atoms with Gasteiger partial charge in [-0.2, -0.15) is 0 Å². The van der Waals surface area contributed by atoms with E-state index in [4.69, 9.17) is 0 Å². The lowest BCUT2D eigenvalue weighted by molar-refractivity contribution is -0.139. The highest BCUT2D eigenvalue weighted by Crippen LogP contribution is 2.29. The summed E-state index contributed by atoms with van der Waals surface area (Å²) in [5.74, 6) is -0.567. The summed E-state index contributed by atoms with van der Waals surface area (Å²) in [5, 5.41) is 19.2. The molecule has 0 amide bonds. The van der Waals surface area contributed by atoms with Gasteiger partial charge in [-0.05, 0) is 11.8 Å². The zero-order valence-electron chi connectivity index (χ0n) is 11.4. The molecule has 0 aromatic rings. The van der Waals surface area contributed by atoms with Crippen molar-refractivity contribution in [1.82, 2.24) is 0 Å². The second-order valence-electron chi connectivity index (χ2n) is 6.77. The highest BCUT2D eigenvalue weighted by molar-refractivity contribution is 5.87. The Balaban J connectivity index is 4.67. The van der Waals surface area contributed by atoms with E-state index in [0.717, 1.165) is 0 Å². The van der Waals surface area contributed by atoms with E-state index in [2.05, 4.69) is 0 Å². The Morgan fingerprint density at radius 3 is 1.81 bits per heavy atom. The molecule has 0 aliphatic rings. The van der Waals surface area contributed by atoms with Crippen LogP contribution < -0.4 is 0 Å². The van der Waals surface area contributed by atoms with Crippen LogP contribution in [0.25, 0.3) is 0 Å². The van der Waals surface area contributed by atoms with Crippen molar-refractivity contribution in [3.63, 3.8) is 0 Å². The molecule has 0 radical (unpaired) electrons. The fourth-order valence-corrected chi connectivity index (χ4v) is 1.72. The van der Waals surface area contributed by atoms with Gasteiger partial charge in [0.25, 0.3) is 0 Å². The molecule has 0 heterocycles. The smallest absolute Gasteiger partial charge is 0.166 e. The quantitative estimate of drug-likeness (QED) is 0.776. The van der Waals surface area contributed by atoms with Gasteiger partial charge < -0.3 is 10.2 Å². The summed E-state index contributed by atoms with van der Waals surface area (Å²) in [6, 6.07) is 0. The number of carbonyl (C=O) groups is 1. The molecule has 0 fully saturated rings. The molecule has 0 saturated heterocycles. The predicted molar refractivity (Wildman–Crippen MR) is 65.1 cm³/mol. The zero-order chi connectivity index (χ0) is 13.1. The second kappa shape index (κ2) is 5.28. The highest BCUT2D eigenvalue weighted by atomic mass is 16.3. The topological polar surface area (TPSA) is 57.5 Å². The van der Waals surface area contributed by atoms with E-state index in [1.165, 1.54) is 0 Å². The van der Waals surface area contributed by atoms with Crippen LogP contribution in [-0.2, 0) is 4.79 Å². The Labute approximate surface area is 98.9 Å². The van der Waals surface area contributed by atoms with Crippen molar-refractivity contribution in [2.45, 2.75) is 54.1 Å². The molecule has 0 rings (SSSR count). The fraction of sp³-hybridized carbons (Fsp3) is 0.923. The minimum absolute atomic E-state index is 0.00740. The molecule has 96 valence electrons. The van der Waals surface area contributed by atoms with Crippen LogP contribution in [0.15, 0.2) is 0 Å². The average molecular weight is 230 g/mol. The summed E-state index contributed by atoms with van der Waals surface area (Å²) in [6.45, 7) is 11.3. The molecule has 0 unspecified atom stereocenters. The Morgan fingerprint density at radius 1 is 1.12 bits per heavy atom. The summed E-state index contributed by atoms with van der Waals surface area (Å²) < 4.78 is 0. The minimum Gasteiger partial charge on any atom is -0.396 e. The van der Waals surface area contributed by atoms with Gasteiger partial charge in [0.1, 0.15) is 6.10 Å². The number of ketones is 1. The Morgan fingerprint density at radius 2 is 1.56 bits per heavy atom. The summed E-state index contributed by atoms with van der Waals surface area (Å²) in [4.78, 5) is 11.9. The largest absolute Gasteiger partial charge is 0.396 e. The van der Waals surface area contributed by atoms with Crippen LogP contribution in [-0.4, -0.2) is 28.7 Å². The average Bonchev–Trinajstić information content (AvgIpc) is 2.08. The highest BCUT2D eigenvalue weighted by Gasteiger charge is 2.35. The monoisotopic (exact) mass is 230 g/mol. The molecule has 0 aliphatic heterocycles. The summed E-state index contributed by atoms with van der Waals surface area (Å²) in [5.41, 5.74) is -0.572. The molecule has 0 spiro atoms. The lowest BCUT2D eigenvalue weighted by atomic mass is 9.77. The van der Waals surface area contributed by atoms with E-state index in [1.54, 1.807) is 20.8 Å². The first-order valence-electron chi connectivity index (χ1n) is 5.82. The maximum atomic E-state index is 11.9. The SMILES string of the molecule is CC(C)(C)C[C@@H](CO)[C@@H](O)C(=O)C(C)(C)C. The summed E-state index contributed by atoms with van der Waals surface area (Å²) in [7, 11) is 0. The van der Waals surface area contributed by atoms with Crippen LogP contribution in [0.4, 0.5) is 0 Å². The van der Waals surface area contributed by atoms with Gasteiger partial charge in [-0.1, -0.05) is 41.5 Å². The van der Waals surface area contributed by atoms with Crippen molar-refractivity contribution >= 4 is 5.78 Å². The van der Waals surface area contributed by atoms with Gasteiger partial charge in [0.2, 0.25) is 0 Å². The van der Waals surface area contributed by atoms with Crippen molar-refractivity contribution in [3.8, 4) is 0 Å². The van der Waals surface area contributed by atoms with E-state index in [-0.39, 0.29) is 23.7 Å². The summed E-state index contributed by atoms with van der Waals surface area (Å²) in [6.07, 6.45) is -0.434. The van der Waals surface area contributed by atoms with Gasteiger partial charge in [0.05, 0.1) is 0 Å². The molecule has 0 aromatic heterocycles. The van der Waals surface area contributed by atoms with Crippen molar-refractivity contribution in [1.29, 1.82) is 0 Å². The van der Waals surface area contributed by atoms with Crippen molar-refractivity contribution in [2.24, 2.45) is 16.7 Å². The standard InChI is InChI=1S/C13H26O3/c1-12(2,3)7-9(8-14)10(15)11(16)13(4,5)6/h9-10,14-15H,7-8H2,1-6H3/t9-,10+/m0/s1. The third-order valence-electron chi connectivity index (χ3n) is 2.56. The van der Waals surface area contributed by atoms with Gasteiger partial charge in [-0.3, -0.25) is 4.79 Å². The normalized spacial score (nSPS) is 17.0. The van der Waals surface area contributed by atoms with Crippen LogP contribution in [0.2, 0.25) is 0 Å².